The Morgan fingerprint density at radius 3 is 3.00 bits per heavy atom. The molecule has 1 aromatic heterocycles. The summed E-state index contributed by atoms with van der Waals surface area (Å²) in [6.45, 7) is 4.48. The van der Waals surface area contributed by atoms with E-state index in [1.165, 1.54) is 0 Å². The minimum Gasteiger partial charge on any atom is -0.472 e. The van der Waals surface area contributed by atoms with Crippen LogP contribution in [0, 0.1) is 17.0 Å². The Labute approximate surface area is 122 Å². The fourth-order valence-corrected chi connectivity index (χ4v) is 2.58. The Bertz CT molecular complexity index is 502. The zero-order valence-electron chi connectivity index (χ0n) is 12.3. The lowest BCUT2D eigenvalue weighted by Gasteiger charge is -2.27. The number of nitrogens with zero attached hydrogens (tertiary/aromatic N) is 3. The number of ether oxygens (including phenoxy) is 2. The highest BCUT2D eigenvalue weighted by molar-refractivity contribution is 5.45. The molecule has 2 rings (SSSR count). The van der Waals surface area contributed by atoms with E-state index in [-0.39, 0.29) is 36.9 Å². The topological polar surface area (TPSA) is 99.7 Å². The van der Waals surface area contributed by atoms with Crippen LogP contribution in [0.15, 0.2) is 0 Å². The van der Waals surface area contributed by atoms with Gasteiger partial charge in [0.05, 0.1) is 23.7 Å². The molecule has 1 saturated heterocycles. The predicted octanol–water partition coefficient (Wildman–Crippen LogP) is 1.60. The van der Waals surface area contributed by atoms with Gasteiger partial charge in [-0.15, -0.1) is 5.10 Å². The normalized spacial score (nSPS) is 22.2. The first-order chi connectivity index (χ1) is 10.0. The van der Waals surface area contributed by atoms with E-state index >= 15 is 0 Å². The molecule has 0 spiro atoms. The molecule has 1 fully saturated rings. The first-order valence-corrected chi connectivity index (χ1v) is 7.13. The van der Waals surface area contributed by atoms with Gasteiger partial charge in [0, 0.05) is 19.6 Å². The average molecular weight is 299 g/mol. The van der Waals surface area contributed by atoms with Crippen LogP contribution >= 0.6 is 0 Å². The van der Waals surface area contributed by atoms with Crippen LogP contribution in [-0.2, 0) is 4.74 Å². The van der Waals surface area contributed by atoms with Gasteiger partial charge < -0.3 is 14.6 Å². The van der Waals surface area contributed by atoms with Crippen LogP contribution in [0.4, 0.5) is 5.69 Å². The van der Waals surface area contributed by atoms with Crippen molar-refractivity contribution in [3.05, 3.63) is 15.8 Å². The largest absolute Gasteiger partial charge is 0.472 e. The van der Waals surface area contributed by atoms with Gasteiger partial charge in [0.1, 0.15) is 5.69 Å². The third-order valence-electron chi connectivity index (χ3n) is 3.61. The van der Waals surface area contributed by atoms with Crippen molar-refractivity contribution < 1.29 is 19.5 Å². The molecule has 1 unspecified atom stereocenters. The van der Waals surface area contributed by atoms with E-state index in [1.54, 1.807) is 11.6 Å². The second-order valence-corrected chi connectivity index (χ2v) is 5.23. The van der Waals surface area contributed by atoms with Crippen molar-refractivity contribution in [2.24, 2.45) is 0 Å². The van der Waals surface area contributed by atoms with Crippen molar-refractivity contribution in [2.75, 3.05) is 19.8 Å². The van der Waals surface area contributed by atoms with Crippen LogP contribution in [0.2, 0.25) is 0 Å². The Morgan fingerprint density at radius 1 is 1.62 bits per heavy atom. The summed E-state index contributed by atoms with van der Waals surface area (Å²) < 4.78 is 12.5. The molecular weight excluding hydrogens is 278 g/mol. The lowest BCUT2D eigenvalue weighted by atomic mass is 10.0. The van der Waals surface area contributed by atoms with Crippen molar-refractivity contribution in [3.63, 3.8) is 0 Å². The smallest absolute Gasteiger partial charge is 0.352 e. The maximum atomic E-state index is 11.2. The number of hydrogen-bond acceptors (Lipinski definition) is 6. The Kier molecular flexibility index (Phi) is 5.13. The fourth-order valence-electron chi connectivity index (χ4n) is 2.58. The van der Waals surface area contributed by atoms with Gasteiger partial charge >= 0.3 is 11.6 Å². The van der Waals surface area contributed by atoms with Gasteiger partial charge in [0.25, 0.3) is 0 Å². The Hall–Kier alpha value is -1.67. The maximum absolute atomic E-state index is 11.2. The minimum absolute atomic E-state index is 0.0229. The number of aliphatic hydroxyl groups is 1. The highest BCUT2D eigenvalue weighted by atomic mass is 16.6. The van der Waals surface area contributed by atoms with Gasteiger partial charge in [0.2, 0.25) is 0 Å². The molecule has 2 heterocycles. The molecule has 8 heteroatoms. The number of aliphatic hydroxyl groups excluding tert-OH is 1. The summed E-state index contributed by atoms with van der Waals surface area (Å²) >= 11 is 0. The second-order valence-electron chi connectivity index (χ2n) is 5.23. The summed E-state index contributed by atoms with van der Waals surface area (Å²) in [5, 5.41) is 24.3. The van der Waals surface area contributed by atoms with Crippen molar-refractivity contribution in [3.8, 4) is 5.88 Å². The molecule has 0 aliphatic carbocycles. The van der Waals surface area contributed by atoms with Crippen LogP contribution < -0.4 is 4.74 Å². The third kappa shape index (κ3) is 3.51. The van der Waals surface area contributed by atoms with Gasteiger partial charge in [-0.1, -0.05) is 0 Å². The number of aromatic nitrogens is 2. The fraction of sp³-hybridized carbons (Fsp3) is 0.769. The van der Waals surface area contributed by atoms with Crippen LogP contribution in [0.3, 0.4) is 0 Å². The second kappa shape index (κ2) is 6.86. The quantitative estimate of drug-likeness (QED) is 0.486. The van der Waals surface area contributed by atoms with Gasteiger partial charge in [-0.3, -0.25) is 14.8 Å². The SMILES string of the molecule is Cc1c([N+](=O)[O-])c(OCCCO)nn1C1CCO[C@@H](C)C1. The van der Waals surface area contributed by atoms with Crippen molar-refractivity contribution in [1.82, 2.24) is 9.78 Å². The summed E-state index contributed by atoms with van der Waals surface area (Å²) in [6, 6.07) is 0.0858. The maximum Gasteiger partial charge on any atom is 0.352 e. The number of nitro groups is 1. The first-order valence-electron chi connectivity index (χ1n) is 7.13. The van der Waals surface area contributed by atoms with Crippen molar-refractivity contribution in [1.29, 1.82) is 0 Å². The minimum atomic E-state index is -0.462. The van der Waals surface area contributed by atoms with E-state index in [0.29, 0.717) is 18.7 Å². The molecular formula is C13H21N3O5. The highest BCUT2D eigenvalue weighted by Crippen LogP contribution is 2.35. The third-order valence-corrected chi connectivity index (χ3v) is 3.61. The molecule has 0 amide bonds. The van der Waals surface area contributed by atoms with Crippen LogP contribution in [0.25, 0.3) is 0 Å². The van der Waals surface area contributed by atoms with E-state index in [4.69, 9.17) is 14.6 Å². The van der Waals surface area contributed by atoms with Crippen molar-refractivity contribution >= 4 is 5.69 Å². The van der Waals surface area contributed by atoms with Crippen LogP contribution in [0.5, 0.6) is 5.88 Å². The molecule has 0 aromatic carbocycles. The first kappa shape index (κ1) is 15.7. The molecule has 8 nitrogen and oxygen atoms in total. The Balaban J connectivity index is 2.25. The van der Waals surface area contributed by atoms with Gasteiger partial charge in [0.15, 0.2) is 0 Å². The standard InChI is InChI=1S/C13H21N3O5/c1-9-8-11(4-7-20-9)15-10(2)12(16(18)19)13(14-15)21-6-3-5-17/h9,11,17H,3-8H2,1-2H3/t9-,11?/m0/s1. The van der Waals surface area contributed by atoms with Gasteiger partial charge in [-0.05, 0) is 26.7 Å². The van der Waals surface area contributed by atoms with Gasteiger partial charge in [-0.25, -0.2) is 0 Å². The lowest BCUT2D eigenvalue weighted by molar-refractivity contribution is -0.386. The summed E-state index contributed by atoms with van der Waals surface area (Å²) in [6.07, 6.45) is 2.08. The van der Waals surface area contributed by atoms with E-state index < -0.39 is 4.92 Å². The monoisotopic (exact) mass is 299 g/mol. The highest BCUT2D eigenvalue weighted by Gasteiger charge is 2.31. The number of hydrogen-bond donors (Lipinski definition) is 1. The molecule has 0 bridgehead atoms. The summed E-state index contributed by atoms with van der Waals surface area (Å²) in [4.78, 5) is 10.8. The molecule has 118 valence electrons. The van der Waals surface area contributed by atoms with E-state index in [9.17, 15) is 10.1 Å². The van der Waals surface area contributed by atoms with Crippen LogP contribution in [0.1, 0.15) is 37.9 Å². The average Bonchev–Trinajstić information content (AvgIpc) is 2.76. The molecule has 21 heavy (non-hydrogen) atoms. The molecule has 0 radical (unpaired) electrons. The summed E-state index contributed by atoms with van der Waals surface area (Å²) in [5.74, 6) is 0.0325. The molecule has 1 aliphatic heterocycles. The summed E-state index contributed by atoms with van der Waals surface area (Å²) in [7, 11) is 0. The van der Waals surface area contributed by atoms with Crippen LogP contribution in [-0.4, -0.2) is 45.7 Å². The lowest BCUT2D eigenvalue weighted by Crippen LogP contribution is -2.26. The summed E-state index contributed by atoms with van der Waals surface area (Å²) in [5.41, 5.74) is 0.408. The molecule has 1 aromatic rings. The molecule has 1 N–H and O–H groups in total. The molecule has 0 saturated carbocycles. The zero-order valence-corrected chi connectivity index (χ0v) is 12.3. The number of rotatable bonds is 6. The van der Waals surface area contributed by atoms with Crippen molar-refractivity contribution in [2.45, 2.75) is 45.3 Å². The van der Waals surface area contributed by atoms with Gasteiger partial charge in [-0.2, -0.15) is 0 Å². The zero-order chi connectivity index (χ0) is 15.4. The predicted molar refractivity (Wildman–Crippen MR) is 74.5 cm³/mol. The van der Waals surface area contributed by atoms with E-state index in [0.717, 1.165) is 12.8 Å². The van der Waals surface area contributed by atoms with E-state index in [2.05, 4.69) is 5.10 Å². The molecule has 1 aliphatic rings. The Morgan fingerprint density at radius 2 is 2.38 bits per heavy atom. The molecule has 2 atom stereocenters. The van der Waals surface area contributed by atoms with E-state index in [1.807, 2.05) is 6.92 Å².